The largest absolute Gasteiger partial charge is 0.497 e. The lowest BCUT2D eigenvalue weighted by molar-refractivity contribution is -0.128. The number of anilines is 1. The summed E-state index contributed by atoms with van der Waals surface area (Å²) in [5.41, 5.74) is 0.467. The van der Waals surface area contributed by atoms with Crippen molar-refractivity contribution in [1.29, 1.82) is 0 Å². The number of aromatic nitrogens is 4. The molecule has 1 aliphatic carbocycles. The van der Waals surface area contributed by atoms with E-state index >= 15 is 0 Å². The minimum atomic E-state index is -1.05. The Hall–Kier alpha value is -4.41. The summed E-state index contributed by atoms with van der Waals surface area (Å²) in [6.45, 7) is 1.55. The summed E-state index contributed by atoms with van der Waals surface area (Å²) in [4.78, 5) is 30.1. The summed E-state index contributed by atoms with van der Waals surface area (Å²) in [5.74, 6) is 1.54. The quantitative estimate of drug-likeness (QED) is 0.366. The van der Waals surface area contributed by atoms with Gasteiger partial charge in [0, 0.05) is 17.8 Å². The van der Waals surface area contributed by atoms with Crippen LogP contribution in [0.5, 0.6) is 5.75 Å². The van der Waals surface area contributed by atoms with Crippen molar-refractivity contribution in [3.8, 4) is 17.3 Å². The maximum Gasteiger partial charge on any atom is 0.251 e. The first-order valence-corrected chi connectivity index (χ1v) is 12.2. The van der Waals surface area contributed by atoms with Crippen LogP contribution in [0, 0.1) is 6.92 Å². The molecule has 4 aromatic rings. The summed E-state index contributed by atoms with van der Waals surface area (Å²) < 4.78 is 16.6. The molecule has 11 heteroatoms. The van der Waals surface area contributed by atoms with E-state index in [9.17, 15) is 9.59 Å². The molecule has 1 aliphatic rings. The van der Waals surface area contributed by atoms with Gasteiger partial charge in [0.05, 0.1) is 13.4 Å². The molecule has 3 heterocycles. The van der Waals surface area contributed by atoms with E-state index in [1.807, 2.05) is 6.92 Å². The summed E-state index contributed by atoms with van der Waals surface area (Å²) >= 11 is 0. The zero-order chi connectivity index (χ0) is 25.8. The van der Waals surface area contributed by atoms with Crippen molar-refractivity contribution < 1.29 is 23.2 Å². The molecular formula is C26H28N6O5. The lowest BCUT2D eigenvalue weighted by Gasteiger charge is -2.30. The Labute approximate surface area is 213 Å². The van der Waals surface area contributed by atoms with Crippen LogP contribution in [-0.4, -0.2) is 45.2 Å². The Bertz CT molecular complexity index is 1360. The molecule has 1 saturated carbocycles. The smallest absolute Gasteiger partial charge is 0.251 e. The van der Waals surface area contributed by atoms with Crippen molar-refractivity contribution in [2.75, 3.05) is 12.0 Å². The van der Waals surface area contributed by atoms with Gasteiger partial charge in [0.2, 0.25) is 5.82 Å². The van der Waals surface area contributed by atoms with Gasteiger partial charge >= 0.3 is 0 Å². The summed E-state index contributed by atoms with van der Waals surface area (Å²) in [7, 11) is 1.54. The molecule has 1 unspecified atom stereocenters. The number of rotatable bonds is 9. The first-order valence-electron chi connectivity index (χ1n) is 12.2. The summed E-state index contributed by atoms with van der Waals surface area (Å²) in [6, 6.07) is 12.9. The van der Waals surface area contributed by atoms with Gasteiger partial charge < -0.3 is 18.9 Å². The number of carbonyl (C=O) groups is 2. The topological polar surface area (TPSA) is 129 Å². The van der Waals surface area contributed by atoms with Gasteiger partial charge in [-0.05, 0) is 61.4 Å². The zero-order valence-corrected chi connectivity index (χ0v) is 20.7. The third-order valence-corrected chi connectivity index (χ3v) is 6.31. The molecule has 1 N–H and O–H groups in total. The minimum absolute atomic E-state index is 0.0588. The Morgan fingerprint density at radius 2 is 2.03 bits per heavy atom. The van der Waals surface area contributed by atoms with E-state index in [0.29, 0.717) is 28.7 Å². The first-order chi connectivity index (χ1) is 18.0. The van der Waals surface area contributed by atoms with Crippen molar-refractivity contribution in [2.45, 2.75) is 51.2 Å². The third kappa shape index (κ3) is 5.40. The molecule has 2 amide bonds. The fraction of sp³-hybridized carbons (Fsp3) is 0.346. The van der Waals surface area contributed by atoms with Crippen molar-refractivity contribution in [2.24, 2.45) is 0 Å². The van der Waals surface area contributed by atoms with Gasteiger partial charge in [-0.25, -0.2) is 0 Å². The van der Waals surface area contributed by atoms with E-state index in [1.54, 1.807) is 55.6 Å². The Balaban J connectivity index is 1.49. The zero-order valence-electron chi connectivity index (χ0n) is 20.7. The van der Waals surface area contributed by atoms with Crippen LogP contribution in [0.3, 0.4) is 0 Å². The lowest BCUT2D eigenvalue weighted by atomic mass is 10.1. The van der Waals surface area contributed by atoms with E-state index in [0.717, 1.165) is 25.7 Å². The number of furan rings is 2. The monoisotopic (exact) mass is 504 g/mol. The van der Waals surface area contributed by atoms with Crippen LogP contribution in [0.2, 0.25) is 0 Å². The van der Waals surface area contributed by atoms with Gasteiger partial charge in [-0.15, -0.1) is 10.2 Å². The molecular weight excluding hydrogens is 476 g/mol. The standard InChI is InChI=1S/C26H28N6O5/c1-17-12-13-22(37-17)25-28-30-31(29-25)16-23(33)32(19-9-5-10-20(15-19)35-2)24(21-11-6-14-36-21)26(34)27-18-7-3-4-8-18/h5-6,9-15,18,24H,3-4,7-8,16H2,1-2H3,(H,27,34). The van der Waals surface area contributed by atoms with Gasteiger partial charge in [-0.2, -0.15) is 4.80 Å². The molecule has 0 spiro atoms. The van der Waals surface area contributed by atoms with E-state index in [-0.39, 0.29) is 24.3 Å². The second kappa shape index (κ2) is 10.7. The van der Waals surface area contributed by atoms with Crippen LogP contribution in [0.15, 0.2) is 63.6 Å². The number of nitrogens with one attached hydrogen (secondary N) is 1. The van der Waals surface area contributed by atoms with Crippen LogP contribution >= 0.6 is 0 Å². The van der Waals surface area contributed by atoms with Crippen molar-refractivity contribution in [3.05, 3.63) is 66.3 Å². The van der Waals surface area contributed by atoms with Crippen molar-refractivity contribution in [1.82, 2.24) is 25.5 Å². The highest BCUT2D eigenvalue weighted by molar-refractivity contribution is 6.01. The molecule has 192 valence electrons. The number of nitrogens with zero attached hydrogens (tertiary/aromatic N) is 5. The molecule has 1 fully saturated rings. The highest BCUT2D eigenvalue weighted by Gasteiger charge is 2.36. The van der Waals surface area contributed by atoms with Gasteiger partial charge in [0.25, 0.3) is 11.8 Å². The minimum Gasteiger partial charge on any atom is -0.497 e. The molecule has 5 rings (SSSR count). The number of ether oxygens (including phenoxy) is 1. The Kier molecular flexibility index (Phi) is 7.02. The average molecular weight is 505 g/mol. The number of tetrazole rings is 1. The fourth-order valence-electron chi connectivity index (χ4n) is 4.53. The molecule has 0 bridgehead atoms. The lowest BCUT2D eigenvalue weighted by Crippen LogP contribution is -2.47. The number of aryl methyl sites for hydroxylation is 1. The van der Waals surface area contributed by atoms with Crippen molar-refractivity contribution in [3.63, 3.8) is 0 Å². The normalized spacial score (nSPS) is 14.4. The van der Waals surface area contributed by atoms with Gasteiger partial charge in [0.1, 0.15) is 23.8 Å². The number of benzene rings is 1. The second-order valence-electron chi connectivity index (χ2n) is 8.93. The van der Waals surface area contributed by atoms with Gasteiger partial charge in [-0.3, -0.25) is 14.5 Å². The van der Waals surface area contributed by atoms with E-state index in [2.05, 4.69) is 20.7 Å². The van der Waals surface area contributed by atoms with E-state index in [4.69, 9.17) is 13.6 Å². The summed E-state index contributed by atoms with van der Waals surface area (Å²) in [5, 5.41) is 15.4. The number of amides is 2. The molecule has 0 radical (unpaired) electrons. The highest BCUT2D eigenvalue weighted by Crippen LogP contribution is 2.32. The molecule has 0 aliphatic heterocycles. The maximum atomic E-state index is 13.9. The Morgan fingerprint density at radius 1 is 1.19 bits per heavy atom. The first kappa shape index (κ1) is 24.3. The molecule has 3 aromatic heterocycles. The van der Waals surface area contributed by atoms with E-state index in [1.165, 1.54) is 16.0 Å². The predicted octanol–water partition coefficient (Wildman–Crippen LogP) is 3.68. The van der Waals surface area contributed by atoms with Gasteiger partial charge in [0.15, 0.2) is 11.8 Å². The maximum absolute atomic E-state index is 13.9. The molecule has 1 aromatic carbocycles. The SMILES string of the molecule is COc1cccc(N(C(=O)Cn2nnc(-c3ccc(C)o3)n2)C(C(=O)NC2CCCC2)c2ccco2)c1. The number of methoxy groups -OCH3 is 1. The average Bonchev–Trinajstić information content (AvgIpc) is 3.71. The van der Waals surface area contributed by atoms with Gasteiger partial charge in [-0.1, -0.05) is 18.9 Å². The van der Waals surface area contributed by atoms with Crippen LogP contribution in [0.1, 0.15) is 43.2 Å². The van der Waals surface area contributed by atoms with Crippen LogP contribution in [0.4, 0.5) is 5.69 Å². The second-order valence-corrected chi connectivity index (χ2v) is 8.93. The molecule has 1 atom stereocenters. The van der Waals surface area contributed by atoms with E-state index < -0.39 is 11.9 Å². The number of hydrogen-bond donors (Lipinski definition) is 1. The fourth-order valence-corrected chi connectivity index (χ4v) is 4.53. The Morgan fingerprint density at radius 3 is 2.73 bits per heavy atom. The van der Waals surface area contributed by atoms with Crippen molar-refractivity contribution >= 4 is 17.5 Å². The van der Waals surface area contributed by atoms with Crippen LogP contribution in [0.25, 0.3) is 11.6 Å². The number of hydrogen-bond acceptors (Lipinski definition) is 8. The molecule has 0 saturated heterocycles. The number of carbonyl (C=O) groups excluding carboxylic acids is 2. The highest BCUT2D eigenvalue weighted by atomic mass is 16.5. The summed E-state index contributed by atoms with van der Waals surface area (Å²) in [6.07, 6.45) is 5.41. The van der Waals surface area contributed by atoms with Crippen LogP contribution < -0.4 is 15.0 Å². The molecule has 11 nitrogen and oxygen atoms in total. The molecule has 37 heavy (non-hydrogen) atoms. The van der Waals surface area contributed by atoms with Crippen LogP contribution in [-0.2, 0) is 16.1 Å². The predicted molar refractivity (Wildman–Crippen MR) is 133 cm³/mol. The third-order valence-electron chi connectivity index (χ3n) is 6.31.